The second kappa shape index (κ2) is 31.1. The van der Waals surface area contributed by atoms with Crippen molar-refractivity contribution in [3.05, 3.63) is 26.6 Å². The van der Waals surface area contributed by atoms with Gasteiger partial charge in [0.15, 0.2) is 0 Å². The third kappa shape index (κ3) is 19.7. The smallest absolute Gasteiger partial charge is 0 e. The molecule has 0 aromatic heterocycles. The van der Waals surface area contributed by atoms with Gasteiger partial charge in [-0.2, -0.15) is 0 Å². The molecule has 0 radical (unpaired) electrons. The Labute approximate surface area is 294 Å². The fourth-order valence-electron chi connectivity index (χ4n) is 4.53. The molecule has 45 heavy (non-hydrogen) atoms. The van der Waals surface area contributed by atoms with Crippen LogP contribution in [0, 0.1) is 26.6 Å². The van der Waals surface area contributed by atoms with Crippen molar-refractivity contribution in [2.45, 2.75) is 159 Å². The van der Waals surface area contributed by atoms with Gasteiger partial charge in [0.2, 0.25) is 0 Å². The summed E-state index contributed by atoms with van der Waals surface area (Å²) in [5, 5.41) is 0. The average Bonchev–Trinajstić information content (AvgIpc) is 2.90. The minimum atomic E-state index is -1.42. The molecule has 0 atom stereocenters. The molecule has 262 valence electrons. The molecule has 1 fully saturated rings. The van der Waals surface area contributed by atoms with E-state index in [2.05, 4.69) is 156 Å². The maximum atomic E-state index is 7.50. The molecule has 1 saturated heterocycles. The molecule has 0 bridgehead atoms. The molecule has 0 aromatic rings. The number of hydrogen-bond donors (Lipinski definition) is 0. The van der Waals surface area contributed by atoms with Crippen LogP contribution < -0.4 is 0 Å². The van der Waals surface area contributed by atoms with Crippen molar-refractivity contribution in [3.63, 3.8) is 0 Å². The van der Waals surface area contributed by atoms with Crippen LogP contribution in [0.5, 0.6) is 0 Å². The molecule has 1 aliphatic heterocycles. The first kappa shape index (κ1) is 55.5. The van der Waals surface area contributed by atoms with Gasteiger partial charge in [-0.3, -0.25) is 17.2 Å². The van der Waals surface area contributed by atoms with Crippen molar-refractivity contribution in [3.8, 4) is 0 Å². The first-order valence-electron chi connectivity index (χ1n) is 14.4. The molecule has 0 saturated carbocycles. The molecule has 1 rings (SSSR count). The van der Waals surface area contributed by atoms with Gasteiger partial charge in [-0.1, -0.05) is 0 Å². The summed E-state index contributed by atoms with van der Waals surface area (Å²) < 4.78 is 67.3. The summed E-state index contributed by atoms with van der Waals surface area (Å²) in [7, 11) is -5.68. The van der Waals surface area contributed by atoms with Crippen LogP contribution in [-0.2, 0) is 56.9 Å². The molecule has 0 unspecified atom stereocenters. The zero-order valence-corrected chi connectivity index (χ0v) is 36.4. The Bertz CT molecular complexity index is 638. The molecule has 12 nitrogen and oxygen atoms in total. The normalized spacial score (nSPS) is 20.2. The molecular weight excluding hydrogens is 828 g/mol. The van der Waals surface area contributed by atoms with E-state index in [-0.39, 0.29) is 69.4 Å². The minimum absolute atomic E-state index is 0. The molecule has 0 spiro atoms. The Hall–Kier alpha value is 1.05. The Morgan fingerprint density at radius 3 is 0.467 bits per heavy atom. The van der Waals surface area contributed by atoms with Crippen LogP contribution in [0.25, 0.3) is 0 Å². The summed E-state index contributed by atoms with van der Waals surface area (Å²) in [6.07, 6.45) is 0. The van der Waals surface area contributed by atoms with Gasteiger partial charge in [-0.25, -0.2) is 18.7 Å². The average molecular weight is 885 g/mol. The van der Waals surface area contributed by atoms with Crippen molar-refractivity contribution in [1.29, 1.82) is 0 Å². The third-order valence-corrected chi connectivity index (χ3v) is 15.2. The van der Waals surface area contributed by atoms with Gasteiger partial charge in [0.1, 0.15) is 0 Å². The van der Waals surface area contributed by atoms with Crippen LogP contribution >= 0.6 is 34.1 Å². The summed E-state index contributed by atoms with van der Waals surface area (Å²) in [5.74, 6) is 0. The molecule has 0 aromatic carbocycles. The van der Waals surface area contributed by atoms with E-state index in [1.54, 1.807) is 0 Å². The van der Waals surface area contributed by atoms with Crippen LogP contribution in [0.15, 0.2) is 0 Å². The van der Waals surface area contributed by atoms with Crippen LogP contribution in [0.2, 0.25) is 0 Å². The van der Waals surface area contributed by atoms with Gasteiger partial charge >= 0.3 is 45.2 Å². The van der Waals surface area contributed by atoms with E-state index in [1.165, 1.54) is 0 Å². The SMILES string of the molecule is CC(C)N(C(C)C)P1OP(N(C(C)C)C(C)C)OP(N(C(C)C)C(C)C)OP(N(C(C)C)C(C)C)O1.[C-]#[O+].[C-]#[O+].[C-]#[O+].[C-]#[O+].[W]. The van der Waals surface area contributed by atoms with E-state index in [0.717, 1.165) is 0 Å². The van der Waals surface area contributed by atoms with Crippen molar-refractivity contribution in [2.75, 3.05) is 0 Å². The third-order valence-electron chi connectivity index (χ3n) is 5.55. The summed E-state index contributed by atoms with van der Waals surface area (Å²) in [6, 6.07) is 2.05. The molecular formula is C28H56N4O8P4W. The fourth-order valence-corrected chi connectivity index (χ4v) is 13.7. The monoisotopic (exact) mass is 884 g/mol. The van der Waals surface area contributed by atoms with Crippen LogP contribution in [0.1, 0.15) is 111 Å². The number of rotatable bonds is 12. The molecule has 0 N–H and O–H groups in total. The predicted octanol–water partition coefficient (Wildman–Crippen LogP) is 9.30. The van der Waals surface area contributed by atoms with Crippen LogP contribution in [0.3, 0.4) is 0 Å². The van der Waals surface area contributed by atoms with E-state index in [0.29, 0.717) is 0 Å². The van der Waals surface area contributed by atoms with Gasteiger partial charge in [0.05, 0.1) is 0 Å². The van der Waals surface area contributed by atoms with Crippen molar-refractivity contribution in [1.82, 2.24) is 18.7 Å². The van der Waals surface area contributed by atoms with E-state index in [4.69, 9.17) is 35.9 Å². The largest absolute Gasteiger partial charge is 0 e. The zero-order valence-electron chi connectivity index (χ0n) is 29.9. The Morgan fingerprint density at radius 2 is 0.400 bits per heavy atom. The van der Waals surface area contributed by atoms with Gasteiger partial charge in [0.25, 0.3) is 34.1 Å². The van der Waals surface area contributed by atoms with E-state index < -0.39 is 34.1 Å². The molecule has 0 amide bonds. The number of nitrogens with zero attached hydrogens (tertiary/aromatic N) is 4. The van der Waals surface area contributed by atoms with Crippen molar-refractivity contribution in [2.24, 2.45) is 0 Å². The van der Waals surface area contributed by atoms with Crippen LogP contribution in [-0.4, -0.2) is 67.0 Å². The van der Waals surface area contributed by atoms with Crippen LogP contribution in [0.4, 0.5) is 0 Å². The van der Waals surface area contributed by atoms with E-state index in [1.807, 2.05) is 0 Å². The Balaban J connectivity index is -0.000000546. The summed E-state index contributed by atoms with van der Waals surface area (Å²) in [5.41, 5.74) is 0. The van der Waals surface area contributed by atoms with Crippen molar-refractivity contribution < 1.29 is 56.9 Å². The standard InChI is InChI=1S/C24H56N4O4P4.4CO.W/c1-17(2)25(18(3)4)33-29-34(26(19(5)6)20(7)8)31-36(28(23(13)14)24(15)16)32-35(30-33)27(21(9)10)22(11)12;4*1-2;/h17-24H,1-16H3;;;;;. The molecule has 0 aliphatic carbocycles. The molecule has 17 heteroatoms. The van der Waals surface area contributed by atoms with Gasteiger partial charge in [-0.15, -0.1) is 0 Å². The second-order valence-electron chi connectivity index (χ2n) is 11.5. The minimum Gasteiger partial charge on any atom is 0 e. The fraction of sp³-hybridized carbons (Fsp3) is 0.857. The first-order valence-corrected chi connectivity index (χ1v) is 18.9. The predicted molar refractivity (Wildman–Crippen MR) is 176 cm³/mol. The molecule has 1 aliphatic rings. The Kier molecular flexibility index (Phi) is 38.3. The van der Waals surface area contributed by atoms with E-state index >= 15 is 0 Å². The summed E-state index contributed by atoms with van der Waals surface area (Å²) in [6.45, 7) is 53.3. The molecule has 1 heterocycles. The summed E-state index contributed by atoms with van der Waals surface area (Å²) in [4.78, 5) is 0. The second-order valence-corrected chi connectivity index (χ2v) is 17.9. The van der Waals surface area contributed by atoms with Gasteiger partial charge in [0, 0.05) is 69.4 Å². The zero-order chi connectivity index (χ0) is 36.1. The van der Waals surface area contributed by atoms with Gasteiger partial charge < -0.3 is 0 Å². The van der Waals surface area contributed by atoms with E-state index in [9.17, 15) is 0 Å². The maximum Gasteiger partial charge on any atom is 0 e. The summed E-state index contributed by atoms with van der Waals surface area (Å²) >= 11 is 0. The number of hydrogen-bond acceptors (Lipinski definition) is 8. The maximum absolute atomic E-state index is 7.50. The van der Waals surface area contributed by atoms with Gasteiger partial charge in [-0.05, 0) is 111 Å². The Morgan fingerprint density at radius 1 is 0.311 bits per heavy atom. The first-order chi connectivity index (χ1) is 20.5. The van der Waals surface area contributed by atoms with Crippen molar-refractivity contribution >= 4 is 34.1 Å². The topological polar surface area (TPSA) is 129 Å². The quantitative estimate of drug-likeness (QED) is 0.108.